The number of carbonyl (C=O) groups is 1. The SMILES string of the molecule is CNS(=O)(=O)c1ccc2c(c1)N(C(=O)C1(N)CCCC1)CC2. The standard InChI is InChI=1S/C15H21N3O3S/c1-17-22(20,21)12-5-4-11-6-9-18(13(11)10-12)14(19)15(16)7-2-3-8-15/h4-5,10,17H,2-3,6-9,16H2,1H3. The van der Waals surface area contributed by atoms with Crippen molar-refractivity contribution >= 4 is 21.6 Å². The minimum absolute atomic E-state index is 0.0808. The molecular formula is C15H21N3O3S. The van der Waals surface area contributed by atoms with Crippen LogP contribution in [-0.4, -0.2) is 33.5 Å². The molecule has 3 N–H and O–H groups in total. The number of hydrogen-bond donors (Lipinski definition) is 2. The third-order valence-corrected chi connectivity index (χ3v) is 6.11. The van der Waals surface area contributed by atoms with Crippen LogP contribution in [-0.2, 0) is 21.2 Å². The number of anilines is 1. The van der Waals surface area contributed by atoms with E-state index in [1.807, 2.05) is 0 Å². The van der Waals surface area contributed by atoms with Gasteiger partial charge in [0.05, 0.1) is 10.4 Å². The molecule has 0 unspecified atom stereocenters. The molecule has 0 radical (unpaired) electrons. The number of nitrogens with two attached hydrogens (primary N) is 1. The number of nitrogens with one attached hydrogen (secondary N) is 1. The summed E-state index contributed by atoms with van der Waals surface area (Å²) in [6.07, 6.45) is 4.07. The second-order valence-electron chi connectivity index (χ2n) is 6.07. The van der Waals surface area contributed by atoms with Crippen molar-refractivity contribution in [2.45, 2.75) is 42.5 Å². The minimum atomic E-state index is -3.52. The molecule has 1 fully saturated rings. The Morgan fingerprint density at radius 1 is 1.32 bits per heavy atom. The Balaban J connectivity index is 1.97. The molecular weight excluding hydrogens is 302 g/mol. The Morgan fingerprint density at radius 2 is 2.00 bits per heavy atom. The van der Waals surface area contributed by atoms with E-state index in [-0.39, 0.29) is 10.8 Å². The van der Waals surface area contributed by atoms with Crippen LogP contribution in [0.5, 0.6) is 0 Å². The summed E-state index contributed by atoms with van der Waals surface area (Å²) in [6.45, 7) is 0.566. The zero-order valence-corrected chi connectivity index (χ0v) is 13.4. The number of carbonyl (C=O) groups excluding carboxylic acids is 1. The van der Waals surface area contributed by atoms with Gasteiger partial charge in [-0.1, -0.05) is 18.9 Å². The molecule has 1 amide bonds. The molecule has 0 spiro atoms. The number of sulfonamides is 1. The van der Waals surface area contributed by atoms with Crippen molar-refractivity contribution in [3.8, 4) is 0 Å². The smallest absolute Gasteiger partial charge is 0.247 e. The molecule has 0 bridgehead atoms. The predicted octanol–water partition coefficient (Wildman–Crippen LogP) is 0.755. The van der Waals surface area contributed by atoms with E-state index >= 15 is 0 Å². The van der Waals surface area contributed by atoms with E-state index in [1.165, 1.54) is 7.05 Å². The van der Waals surface area contributed by atoms with Gasteiger partial charge < -0.3 is 10.6 Å². The number of rotatable bonds is 3. The third-order valence-electron chi connectivity index (χ3n) is 4.70. The molecule has 1 heterocycles. The van der Waals surface area contributed by atoms with Crippen molar-refractivity contribution in [3.63, 3.8) is 0 Å². The lowest BCUT2D eigenvalue weighted by molar-refractivity contribution is -0.123. The Kier molecular flexibility index (Phi) is 3.74. The summed E-state index contributed by atoms with van der Waals surface area (Å²) in [5.74, 6) is -0.0808. The van der Waals surface area contributed by atoms with E-state index in [0.717, 1.165) is 24.8 Å². The Hall–Kier alpha value is -1.44. The molecule has 22 heavy (non-hydrogen) atoms. The molecule has 7 heteroatoms. The van der Waals surface area contributed by atoms with Gasteiger partial charge in [0.2, 0.25) is 15.9 Å². The average molecular weight is 323 g/mol. The van der Waals surface area contributed by atoms with Gasteiger partial charge in [-0.05, 0) is 44.0 Å². The Labute approximate surface area is 130 Å². The summed E-state index contributed by atoms with van der Waals surface area (Å²) in [4.78, 5) is 14.6. The molecule has 1 aliphatic heterocycles. The van der Waals surface area contributed by atoms with Crippen molar-refractivity contribution < 1.29 is 13.2 Å². The third kappa shape index (κ3) is 2.43. The number of amides is 1. The van der Waals surface area contributed by atoms with Crippen LogP contribution in [0.25, 0.3) is 0 Å². The first kappa shape index (κ1) is 15.5. The summed E-state index contributed by atoms with van der Waals surface area (Å²) in [5.41, 5.74) is 7.15. The molecule has 1 saturated carbocycles. The predicted molar refractivity (Wildman–Crippen MR) is 84.1 cm³/mol. The highest BCUT2D eigenvalue weighted by Gasteiger charge is 2.42. The van der Waals surface area contributed by atoms with Crippen molar-refractivity contribution in [3.05, 3.63) is 23.8 Å². The van der Waals surface area contributed by atoms with E-state index in [2.05, 4.69) is 4.72 Å². The summed E-state index contributed by atoms with van der Waals surface area (Å²) in [6, 6.07) is 4.93. The van der Waals surface area contributed by atoms with Gasteiger partial charge in [0, 0.05) is 12.2 Å². The zero-order valence-electron chi connectivity index (χ0n) is 12.6. The first-order chi connectivity index (χ1) is 10.4. The van der Waals surface area contributed by atoms with E-state index < -0.39 is 15.6 Å². The van der Waals surface area contributed by atoms with E-state index in [9.17, 15) is 13.2 Å². The Bertz CT molecular complexity index is 709. The molecule has 1 aromatic rings. The van der Waals surface area contributed by atoms with Gasteiger partial charge in [-0.25, -0.2) is 13.1 Å². The fourth-order valence-electron chi connectivity index (χ4n) is 3.34. The number of hydrogen-bond acceptors (Lipinski definition) is 4. The summed E-state index contributed by atoms with van der Waals surface area (Å²) in [7, 11) is -2.15. The van der Waals surface area contributed by atoms with Crippen LogP contribution in [0.1, 0.15) is 31.2 Å². The quantitative estimate of drug-likeness (QED) is 0.859. The van der Waals surface area contributed by atoms with Gasteiger partial charge in [0.15, 0.2) is 0 Å². The van der Waals surface area contributed by atoms with Gasteiger partial charge in [-0.15, -0.1) is 0 Å². The molecule has 0 aromatic heterocycles. The zero-order chi connectivity index (χ0) is 16.0. The van der Waals surface area contributed by atoms with Gasteiger partial charge in [-0.3, -0.25) is 4.79 Å². The topological polar surface area (TPSA) is 92.5 Å². The summed E-state index contributed by atoms with van der Waals surface area (Å²) in [5, 5.41) is 0. The van der Waals surface area contributed by atoms with Crippen molar-refractivity contribution in [1.29, 1.82) is 0 Å². The molecule has 6 nitrogen and oxygen atoms in total. The lowest BCUT2D eigenvalue weighted by atomic mass is 9.97. The molecule has 2 aliphatic rings. The van der Waals surface area contributed by atoms with Gasteiger partial charge >= 0.3 is 0 Å². The lowest BCUT2D eigenvalue weighted by Gasteiger charge is -2.29. The second kappa shape index (κ2) is 5.33. The summed E-state index contributed by atoms with van der Waals surface area (Å²) < 4.78 is 26.2. The van der Waals surface area contributed by atoms with Crippen molar-refractivity contribution in [2.75, 3.05) is 18.5 Å². The van der Waals surface area contributed by atoms with Crippen LogP contribution in [0.15, 0.2) is 23.1 Å². The number of fused-ring (bicyclic) bond motifs is 1. The lowest BCUT2D eigenvalue weighted by Crippen LogP contribution is -2.53. The second-order valence-corrected chi connectivity index (χ2v) is 7.95. The molecule has 3 rings (SSSR count). The highest BCUT2D eigenvalue weighted by atomic mass is 32.2. The maximum Gasteiger partial charge on any atom is 0.247 e. The van der Waals surface area contributed by atoms with Crippen LogP contribution < -0.4 is 15.4 Å². The molecule has 120 valence electrons. The van der Waals surface area contributed by atoms with Crippen molar-refractivity contribution in [1.82, 2.24) is 4.72 Å². The van der Waals surface area contributed by atoms with Gasteiger partial charge in [-0.2, -0.15) is 0 Å². The fourth-order valence-corrected chi connectivity index (χ4v) is 4.09. The Morgan fingerprint density at radius 3 is 2.64 bits per heavy atom. The normalized spacial score (nSPS) is 20.2. The first-order valence-corrected chi connectivity index (χ1v) is 9.03. The van der Waals surface area contributed by atoms with E-state index in [4.69, 9.17) is 5.73 Å². The maximum atomic E-state index is 12.8. The van der Waals surface area contributed by atoms with Crippen LogP contribution in [0.4, 0.5) is 5.69 Å². The molecule has 1 aromatic carbocycles. The van der Waals surface area contributed by atoms with Crippen LogP contribution in [0.3, 0.4) is 0 Å². The highest BCUT2D eigenvalue weighted by Crippen LogP contribution is 2.35. The maximum absolute atomic E-state index is 12.8. The summed E-state index contributed by atoms with van der Waals surface area (Å²) >= 11 is 0. The number of benzene rings is 1. The largest absolute Gasteiger partial charge is 0.317 e. The van der Waals surface area contributed by atoms with Crippen LogP contribution >= 0.6 is 0 Å². The number of nitrogens with zero attached hydrogens (tertiary/aromatic N) is 1. The van der Waals surface area contributed by atoms with E-state index in [0.29, 0.717) is 25.1 Å². The molecule has 0 saturated heterocycles. The minimum Gasteiger partial charge on any atom is -0.317 e. The van der Waals surface area contributed by atoms with Crippen molar-refractivity contribution in [2.24, 2.45) is 5.73 Å². The van der Waals surface area contributed by atoms with Gasteiger partial charge in [0.1, 0.15) is 0 Å². The van der Waals surface area contributed by atoms with Crippen LogP contribution in [0, 0.1) is 0 Å². The van der Waals surface area contributed by atoms with Gasteiger partial charge in [0.25, 0.3) is 0 Å². The first-order valence-electron chi connectivity index (χ1n) is 7.55. The van der Waals surface area contributed by atoms with Crippen LogP contribution in [0.2, 0.25) is 0 Å². The highest BCUT2D eigenvalue weighted by molar-refractivity contribution is 7.89. The average Bonchev–Trinajstić information content (AvgIpc) is 3.13. The molecule has 1 aliphatic carbocycles. The van der Waals surface area contributed by atoms with E-state index in [1.54, 1.807) is 23.1 Å². The fraction of sp³-hybridized carbons (Fsp3) is 0.533. The monoisotopic (exact) mass is 323 g/mol. The molecule has 0 atom stereocenters.